The van der Waals surface area contributed by atoms with Crippen LogP contribution < -0.4 is 10.1 Å². The molecule has 1 amide bonds. The molecule has 140 valence electrons. The molecule has 26 heavy (non-hydrogen) atoms. The quantitative estimate of drug-likeness (QED) is 0.806. The number of amides is 1. The molecule has 6 nitrogen and oxygen atoms in total. The van der Waals surface area contributed by atoms with Crippen molar-refractivity contribution in [3.05, 3.63) is 39.5 Å². The molecule has 0 atom stereocenters. The molecular formula is C17H19ClN2O4S2. The average Bonchev–Trinajstić information content (AvgIpc) is 3.13. The summed E-state index contributed by atoms with van der Waals surface area (Å²) in [6, 6.07) is 6.33. The number of carbonyl (C=O) groups is 1. The number of nitrogens with one attached hydrogen (secondary N) is 1. The lowest BCUT2D eigenvalue weighted by Crippen LogP contribution is -2.36. The molecule has 1 aromatic carbocycles. The summed E-state index contributed by atoms with van der Waals surface area (Å²) >= 11 is 7.07. The van der Waals surface area contributed by atoms with Gasteiger partial charge in [0.2, 0.25) is 10.0 Å². The predicted molar refractivity (Wildman–Crippen MR) is 103 cm³/mol. The van der Waals surface area contributed by atoms with E-state index < -0.39 is 15.9 Å². The van der Waals surface area contributed by atoms with Crippen molar-refractivity contribution in [3.8, 4) is 5.75 Å². The number of hydrogen-bond acceptors (Lipinski definition) is 5. The Morgan fingerprint density at radius 3 is 2.65 bits per heavy atom. The summed E-state index contributed by atoms with van der Waals surface area (Å²) in [6.07, 6.45) is 2.70. The highest BCUT2D eigenvalue weighted by atomic mass is 35.5. The summed E-state index contributed by atoms with van der Waals surface area (Å²) in [4.78, 5) is 12.9. The number of rotatable bonds is 5. The minimum absolute atomic E-state index is 0.0443. The fourth-order valence-electron chi connectivity index (χ4n) is 2.87. The Labute approximate surface area is 161 Å². The van der Waals surface area contributed by atoms with E-state index in [1.807, 2.05) is 0 Å². The van der Waals surface area contributed by atoms with Crippen LogP contribution in [0.25, 0.3) is 0 Å². The number of piperidine rings is 1. The Bertz CT molecular complexity index is 905. The Hall–Kier alpha value is -1.61. The van der Waals surface area contributed by atoms with Crippen molar-refractivity contribution < 1.29 is 17.9 Å². The molecule has 0 spiro atoms. The fraction of sp³-hybridized carbons (Fsp3) is 0.353. The van der Waals surface area contributed by atoms with E-state index in [0.717, 1.165) is 30.6 Å². The van der Waals surface area contributed by atoms with Crippen LogP contribution in [0.4, 0.5) is 5.69 Å². The SMILES string of the molecule is COc1ccc(Cl)cc1NC(=O)c1sccc1S(=O)(=O)N1CCCCC1. The van der Waals surface area contributed by atoms with Crippen molar-refractivity contribution in [1.82, 2.24) is 4.31 Å². The molecule has 9 heteroatoms. The maximum Gasteiger partial charge on any atom is 0.267 e. The van der Waals surface area contributed by atoms with Crippen molar-refractivity contribution in [3.63, 3.8) is 0 Å². The zero-order valence-corrected chi connectivity index (χ0v) is 16.6. The predicted octanol–water partition coefficient (Wildman–Crippen LogP) is 3.84. The molecule has 0 unspecified atom stereocenters. The van der Waals surface area contributed by atoms with E-state index in [1.165, 1.54) is 17.5 Å². The molecule has 0 bridgehead atoms. The van der Waals surface area contributed by atoms with Gasteiger partial charge in [0, 0.05) is 18.1 Å². The van der Waals surface area contributed by atoms with Gasteiger partial charge in [-0.05, 0) is 42.5 Å². The number of carbonyl (C=O) groups excluding carboxylic acids is 1. The van der Waals surface area contributed by atoms with Gasteiger partial charge in [0.15, 0.2) is 0 Å². The number of sulfonamides is 1. The number of nitrogens with zero attached hydrogens (tertiary/aromatic N) is 1. The third kappa shape index (κ3) is 3.88. The maximum absolute atomic E-state index is 12.9. The van der Waals surface area contributed by atoms with Gasteiger partial charge < -0.3 is 10.1 Å². The first-order valence-electron chi connectivity index (χ1n) is 8.16. The molecule has 2 heterocycles. The van der Waals surface area contributed by atoms with Crippen LogP contribution in [0.5, 0.6) is 5.75 Å². The van der Waals surface area contributed by atoms with Crippen molar-refractivity contribution >= 4 is 44.6 Å². The molecule has 1 aliphatic heterocycles. The lowest BCUT2D eigenvalue weighted by Gasteiger charge is -2.25. The summed E-state index contributed by atoms with van der Waals surface area (Å²) in [6.45, 7) is 0.975. The van der Waals surface area contributed by atoms with Gasteiger partial charge in [-0.15, -0.1) is 11.3 Å². The highest BCUT2D eigenvalue weighted by molar-refractivity contribution is 7.89. The number of anilines is 1. The highest BCUT2D eigenvalue weighted by Gasteiger charge is 2.31. The summed E-state index contributed by atoms with van der Waals surface area (Å²) in [5.41, 5.74) is 0.389. The minimum atomic E-state index is -3.68. The third-order valence-electron chi connectivity index (χ3n) is 4.18. The number of hydrogen-bond donors (Lipinski definition) is 1. The molecule has 1 saturated heterocycles. The van der Waals surface area contributed by atoms with Crippen LogP contribution in [-0.4, -0.2) is 38.8 Å². The van der Waals surface area contributed by atoms with Gasteiger partial charge in [-0.2, -0.15) is 4.31 Å². The fourth-order valence-corrected chi connectivity index (χ4v) is 5.85. The van der Waals surface area contributed by atoms with Crippen LogP contribution in [0.1, 0.15) is 28.9 Å². The standard InChI is InChI=1S/C17H19ClN2O4S2/c1-24-14-6-5-12(18)11-13(14)19-17(21)16-15(7-10-25-16)26(22,23)20-8-3-2-4-9-20/h5-7,10-11H,2-4,8-9H2,1H3,(H,19,21). The molecule has 1 N–H and O–H groups in total. The number of halogens is 1. The minimum Gasteiger partial charge on any atom is -0.495 e. The van der Waals surface area contributed by atoms with Crippen molar-refractivity contribution in [2.75, 3.05) is 25.5 Å². The van der Waals surface area contributed by atoms with Gasteiger partial charge in [-0.25, -0.2) is 8.42 Å². The molecule has 1 fully saturated rings. The second-order valence-electron chi connectivity index (χ2n) is 5.88. The smallest absolute Gasteiger partial charge is 0.267 e. The van der Waals surface area contributed by atoms with Gasteiger partial charge >= 0.3 is 0 Å². The second-order valence-corrected chi connectivity index (χ2v) is 9.14. The lowest BCUT2D eigenvalue weighted by atomic mass is 10.2. The molecule has 3 rings (SSSR count). The lowest BCUT2D eigenvalue weighted by molar-refractivity contribution is 0.102. The first-order valence-corrected chi connectivity index (χ1v) is 10.9. The molecule has 1 aromatic heterocycles. The van der Waals surface area contributed by atoms with Gasteiger partial charge in [0.25, 0.3) is 5.91 Å². The van der Waals surface area contributed by atoms with Crippen molar-refractivity contribution in [2.45, 2.75) is 24.2 Å². The maximum atomic E-state index is 12.9. The Kier molecular flexibility index (Phi) is 5.86. The number of thiophene rings is 1. The van der Waals surface area contributed by atoms with Gasteiger partial charge in [-0.1, -0.05) is 18.0 Å². The van der Waals surface area contributed by atoms with E-state index in [1.54, 1.807) is 23.6 Å². The number of benzene rings is 1. The highest BCUT2D eigenvalue weighted by Crippen LogP contribution is 2.31. The summed E-state index contributed by atoms with van der Waals surface area (Å²) in [5, 5.41) is 4.75. The summed E-state index contributed by atoms with van der Waals surface area (Å²) in [7, 11) is -2.20. The molecule has 0 aliphatic carbocycles. The van der Waals surface area contributed by atoms with Gasteiger partial charge in [-0.3, -0.25) is 4.79 Å². The monoisotopic (exact) mass is 414 g/mol. The van der Waals surface area contributed by atoms with Gasteiger partial charge in [0.05, 0.1) is 12.8 Å². The van der Waals surface area contributed by atoms with E-state index in [2.05, 4.69) is 5.32 Å². The first-order chi connectivity index (χ1) is 12.4. The molecule has 2 aromatic rings. The molecule has 1 aliphatic rings. The van der Waals surface area contributed by atoms with Crippen molar-refractivity contribution in [2.24, 2.45) is 0 Å². The third-order valence-corrected chi connectivity index (χ3v) is 7.40. The normalized spacial score (nSPS) is 15.6. The van der Waals surface area contributed by atoms with E-state index in [4.69, 9.17) is 16.3 Å². The van der Waals surface area contributed by atoms with Crippen LogP contribution >= 0.6 is 22.9 Å². The van der Waals surface area contributed by atoms with E-state index in [-0.39, 0.29) is 9.77 Å². The van der Waals surface area contributed by atoms with Crippen molar-refractivity contribution in [1.29, 1.82) is 0 Å². The van der Waals surface area contributed by atoms with Crippen LogP contribution in [0.3, 0.4) is 0 Å². The zero-order valence-electron chi connectivity index (χ0n) is 14.2. The Morgan fingerprint density at radius 1 is 1.23 bits per heavy atom. The largest absolute Gasteiger partial charge is 0.495 e. The van der Waals surface area contributed by atoms with Crippen LogP contribution in [0.2, 0.25) is 5.02 Å². The van der Waals surface area contributed by atoms with E-state index >= 15 is 0 Å². The van der Waals surface area contributed by atoms with Crippen LogP contribution in [0.15, 0.2) is 34.5 Å². The Morgan fingerprint density at radius 2 is 1.96 bits per heavy atom. The molecule has 0 radical (unpaired) electrons. The van der Waals surface area contributed by atoms with Gasteiger partial charge in [0.1, 0.15) is 15.5 Å². The van der Waals surface area contributed by atoms with Crippen LogP contribution in [0, 0.1) is 0 Å². The number of methoxy groups -OCH3 is 1. The first kappa shape index (κ1) is 19.2. The topological polar surface area (TPSA) is 75.7 Å². The average molecular weight is 415 g/mol. The Balaban J connectivity index is 1.88. The zero-order chi connectivity index (χ0) is 18.7. The second kappa shape index (κ2) is 7.96. The number of ether oxygens (including phenoxy) is 1. The van der Waals surface area contributed by atoms with E-state index in [9.17, 15) is 13.2 Å². The molecular weight excluding hydrogens is 396 g/mol. The molecule has 0 saturated carbocycles. The summed E-state index contributed by atoms with van der Waals surface area (Å²) < 4.78 is 32.5. The van der Waals surface area contributed by atoms with E-state index in [0.29, 0.717) is 29.5 Å². The summed E-state index contributed by atoms with van der Waals surface area (Å²) in [5.74, 6) is -0.0594. The van der Waals surface area contributed by atoms with Crippen LogP contribution in [-0.2, 0) is 10.0 Å².